The number of carbonyl (C=O) groups is 1. The number of halogens is 1. The van der Waals surface area contributed by atoms with Crippen LogP contribution in [-0.2, 0) is 16.6 Å². The maximum absolute atomic E-state index is 14.1. The standard InChI is InChI=1S/C30H23ClN6O4S2/c1-17-35-24(16-42-17)19-4-2-5-21(13-19)43(40,41)36-30(39)28-27(22-6-3-10-34-29(22)38)23-14-20(31)7-8-25(23)37(28)15-18-9-11-33-26(32)12-18/h2-14,16H,15H2,1H3,(H2,32,33)(H,34,38)(H,36,39). The van der Waals surface area contributed by atoms with E-state index in [4.69, 9.17) is 17.3 Å². The number of aromatic nitrogens is 4. The molecule has 10 nitrogen and oxygen atoms in total. The van der Waals surface area contributed by atoms with E-state index >= 15 is 0 Å². The molecule has 4 N–H and O–H groups in total. The summed E-state index contributed by atoms with van der Waals surface area (Å²) in [6, 6.07) is 17.8. The molecular formula is C30H23ClN6O4S2. The van der Waals surface area contributed by atoms with Gasteiger partial charge in [0.15, 0.2) is 0 Å². The van der Waals surface area contributed by atoms with Crippen LogP contribution in [-0.4, -0.2) is 33.8 Å². The SMILES string of the molecule is Cc1nc(-c2cccc(S(=O)(=O)NC(=O)c3c(-c4ccc[nH]c4=O)c4cc(Cl)ccc4n3Cc3ccnc(N)c3)c2)cs1. The minimum absolute atomic E-state index is 0.0424. The average molecular weight is 631 g/mol. The Bertz CT molecular complexity index is 2200. The third-order valence-electron chi connectivity index (χ3n) is 6.80. The molecule has 2 aromatic carbocycles. The van der Waals surface area contributed by atoms with Gasteiger partial charge in [-0.1, -0.05) is 23.7 Å². The van der Waals surface area contributed by atoms with Crippen LogP contribution < -0.4 is 16.0 Å². The Morgan fingerprint density at radius 2 is 1.95 bits per heavy atom. The second kappa shape index (κ2) is 11.1. The first kappa shape index (κ1) is 28.3. The molecule has 0 spiro atoms. The Hall–Kier alpha value is -4.78. The predicted octanol–water partition coefficient (Wildman–Crippen LogP) is 5.23. The number of carbonyl (C=O) groups excluding carboxylic acids is 1. The van der Waals surface area contributed by atoms with Gasteiger partial charge >= 0.3 is 0 Å². The predicted molar refractivity (Wildman–Crippen MR) is 168 cm³/mol. The molecule has 0 aliphatic heterocycles. The highest BCUT2D eigenvalue weighted by molar-refractivity contribution is 7.90. The quantitative estimate of drug-likeness (QED) is 0.218. The second-order valence-corrected chi connectivity index (χ2v) is 12.9. The van der Waals surface area contributed by atoms with Crippen molar-refractivity contribution in [2.24, 2.45) is 0 Å². The van der Waals surface area contributed by atoms with Gasteiger partial charge in [-0.15, -0.1) is 11.3 Å². The lowest BCUT2D eigenvalue weighted by Gasteiger charge is -2.14. The topological polar surface area (TPSA) is 153 Å². The van der Waals surface area contributed by atoms with Crippen molar-refractivity contribution in [2.45, 2.75) is 18.4 Å². The minimum atomic E-state index is -4.36. The normalized spacial score (nSPS) is 11.6. The van der Waals surface area contributed by atoms with Crippen LogP contribution in [0, 0.1) is 6.92 Å². The molecule has 0 saturated carbocycles. The van der Waals surface area contributed by atoms with Crippen molar-refractivity contribution in [1.29, 1.82) is 0 Å². The first-order chi connectivity index (χ1) is 20.6. The third-order valence-corrected chi connectivity index (χ3v) is 9.14. The molecule has 0 aliphatic rings. The van der Waals surface area contributed by atoms with E-state index in [1.807, 2.05) is 12.3 Å². The molecule has 1 amide bonds. The monoisotopic (exact) mass is 630 g/mol. The number of aryl methyl sites for hydroxylation is 1. The van der Waals surface area contributed by atoms with Crippen molar-refractivity contribution in [1.82, 2.24) is 24.2 Å². The molecule has 4 aromatic heterocycles. The van der Waals surface area contributed by atoms with Gasteiger partial charge in [0.2, 0.25) is 0 Å². The van der Waals surface area contributed by atoms with Crippen LogP contribution in [0.15, 0.2) is 94.2 Å². The molecule has 216 valence electrons. The maximum Gasteiger partial charge on any atom is 0.282 e. The number of thiazole rings is 1. The van der Waals surface area contributed by atoms with E-state index in [0.29, 0.717) is 32.7 Å². The number of hydrogen-bond donors (Lipinski definition) is 3. The summed E-state index contributed by atoms with van der Waals surface area (Å²) in [6.45, 7) is 1.98. The van der Waals surface area contributed by atoms with Gasteiger partial charge in [-0.25, -0.2) is 23.1 Å². The zero-order chi connectivity index (χ0) is 30.3. The third kappa shape index (κ3) is 5.55. The minimum Gasteiger partial charge on any atom is -0.384 e. The highest BCUT2D eigenvalue weighted by Gasteiger charge is 2.29. The number of nitrogens with zero attached hydrogens (tertiary/aromatic N) is 3. The van der Waals surface area contributed by atoms with E-state index in [-0.39, 0.29) is 34.1 Å². The molecule has 0 fully saturated rings. The number of rotatable bonds is 7. The number of nitrogens with one attached hydrogen (secondary N) is 2. The second-order valence-electron chi connectivity index (χ2n) is 9.69. The van der Waals surface area contributed by atoms with Crippen LogP contribution in [0.5, 0.6) is 0 Å². The van der Waals surface area contributed by atoms with Crippen molar-refractivity contribution in [3.8, 4) is 22.4 Å². The molecule has 0 unspecified atom stereocenters. The number of pyridine rings is 2. The van der Waals surface area contributed by atoms with Gasteiger partial charge in [0.05, 0.1) is 15.6 Å². The summed E-state index contributed by atoms with van der Waals surface area (Å²) in [4.78, 5) is 38.1. The number of sulfonamides is 1. The average Bonchev–Trinajstić information content (AvgIpc) is 3.54. The first-order valence-corrected chi connectivity index (χ1v) is 15.6. The smallest absolute Gasteiger partial charge is 0.282 e. The Kier molecular flexibility index (Phi) is 7.34. The van der Waals surface area contributed by atoms with Crippen molar-refractivity contribution in [3.63, 3.8) is 0 Å². The van der Waals surface area contributed by atoms with Crippen LogP contribution in [0.2, 0.25) is 5.02 Å². The number of anilines is 1. The highest BCUT2D eigenvalue weighted by atomic mass is 35.5. The van der Waals surface area contributed by atoms with E-state index in [1.165, 1.54) is 35.9 Å². The summed E-state index contributed by atoms with van der Waals surface area (Å²) in [5, 5.41) is 3.54. The van der Waals surface area contributed by atoms with E-state index in [0.717, 1.165) is 5.01 Å². The van der Waals surface area contributed by atoms with Gasteiger partial charge < -0.3 is 15.3 Å². The number of nitrogens with two attached hydrogens (primary N) is 1. The van der Waals surface area contributed by atoms with Crippen LogP contribution in [0.1, 0.15) is 21.1 Å². The summed E-state index contributed by atoms with van der Waals surface area (Å²) in [6.07, 6.45) is 3.01. The molecule has 6 rings (SSSR count). The van der Waals surface area contributed by atoms with Crippen LogP contribution >= 0.6 is 22.9 Å². The van der Waals surface area contributed by atoms with Gasteiger partial charge in [-0.3, -0.25) is 9.59 Å². The molecular weight excluding hydrogens is 608 g/mol. The van der Waals surface area contributed by atoms with Gasteiger partial charge in [-0.05, 0) is 67.1 Å². The number of fused-ring (bicyclic) bond motifs is 1. The van der Waals surface area contributed by atoms with Gasteiger partial charge in [0, 0.05) is 56.9 Å². The summed E-state index contributed by atoms with van der Waals surface area (Å²) < 4.78 is 31.1. The molecule has 0 saturated heterocycles. The zero-order valence-electron chi connectivity index (χ0n) is 22.5. The van der Waals surface area contributed by atoms with Crippen LogP contribution in [0.3, 0.4) is 0 Å². The molecule has 4 heterocycles. The number of hydrogen-bond acceptors (Lipinski definition) is 8. The number of benzene rings is 2. The Morgan fingerprint density at radius 3 is 2.70 bits per heavy atom. The van der Waals surface area contributed by atoms with Crippen LogP contribution in [0.4, 0.5) is 5.82 Å². The molecule has 43 heavy (non-hydrogen) atoms. The van der Waals surface area contributed by atoms with Crippen molar-refractivity contribution in [2.75, 3.05) is 5.73 Å². The molecule has 0 bridgehead atoms. The number of nitrogen functional groups attached to an aromatic ring is 1. The molecule has 0 atom stereocenters. The van der Waals surface area contributed by atoms with Crippen molar-refractivity contribution in [3.05, 3.63) is 116 Å². The Balaban J connectivity index is 1.52. The lowest BCUT2D eigenvalue weighted by molar-refractivity contribution is 0.0974. The molecule has 0 radical (unpaired) electrons. The zero-order valence-corrected chi connectivity index (χ0v) is 24.9. The molecule has 0 aliphatic carbocycles. The van der Waals surface area contributed by atoms with Crippen molar-refractivity contribution < 1.29 is 13.2 Å². The highest BCUT2D eigenvalue weighted by Crippen LogP contribution is 2.36. The molecule has 13 heteroatoms. The fraction of sp³-hybridized carbons (Fsp3) is 0.0667. The summed E-state index contributed by atoms with van der Waals surface area (Å²) in [7, 11) is -4.36. The first-order valence-electron chi connectivity index (χ1n) is 12.9. The Labute approximate surface area is 254 Å². The molecule has 6 aromatic rings. The number of amides is 1. The van der Waals surface area contributed by atoms with Crippen molar-refractivity contribution >= 4 is 55.6 Å². The van der Waals surface area contributed by atoms with E-state index in [9.17, 15) is 18.0 Å². The lowest BCUT2D eigenvalue weighted by atomic mass is 10.0. The largest absolute Gasteiger partial charge is 0.384 e. The number of H-pyrrole nitrogens is 1. The summed E-state index contributed by atoms with van der Waals surface area (Å²) >= 11 is 7.82. The van der Waals surface area contributed by atoms with Gasteiger partial charge in [0.1, 0.15) is 11.5 Å². The summed E-state index contributed by atoms with van der Waals surface area (Å²) in [5.41, 5.74) is 8.31. The van der Waals surface area contributed by atoms with E-state index < -0.39 is 21.5 Å². The van der Waals surface area contributed by atoms with Gasteiger partial charge in [-0.2, -0.15) is 0 Å². The van der Waals surface area contributed by atoms with E-state index in [1.54, 1.807) is 59.2 Å². The van der Waals surface area contributed by atoms with E-state index in [2.05, 4.69) is 19.7 Å². The lowest BCUT2D eigenvalue weighted by Crippen LogP contribution is -2.33. The fourth-order valence-corrected chi connectivity index (χ4v) is 6.73. The maximum atomic E-state index is 14.1. The summed E-state index contributed by atoms with van der Waals surface area (Å²) in [5.74, 6) is -0.650. The Morgan fingerprint density at radius 1 is 1.12 bits per heavy atom. The van der Waals surface area contributed by atoms with Gasteiger partial charge in [0.25, 0.3) is 21.5 Å². The number of aromatic amines is 1. The van der Waals surface area contributed by atoms with Crippen LogP contribution in [0.25, 0.3) is 33.3 Å². The fourth-order valence-electron chi connectivity index (χ4n) is 4.94.